The topological polar surface area (TPSA) is 44.8 Å². The lowest BCUT2D eigenvalue weighted by Crippen LogP contribution is -1.97. The molecule has 0 saturated heterocycles. The van der Waals surface area contributed by atoms with Crippen LogP contribution in [-0.2, 0) is 0 Å². The molecule has 4 nitrogen and oxygen atoms in total. The van der Waals surface area contributed by atoms with Crippen LogP contribution in [0.2, 0.25) is 0 Å². The third kappa shape index (κ3) is 4.13. The highest BCUT2D eigenvalue weighted by atomic mass is 79.9. The van der Waals surface area contributed by atoms with Gasteiger partial charge >= 0.3 is 0 Å². The molecule has 0 unspecified atom stereocenters. The Morgan fingerprint density at radius 2 is 1.57 bits per heavy atom. The van der Waals surface area contributed by atoms with Gasteiger partial charge in [0.05, 0.1) is 25.8 Å². The van der Waals surface area contributed by atoms with Crippen molar-refractivity contribution in [2.24, 2.45) is 0 Å². The van der Waals surface area contributed by atoms with E-state index in [2.05, 4.69) is 15.9 Å². The first-order chi connectivity index (χ1) is 11.1. The number of rotatable bonds is 6. The van der Waals surface area contributed by atoms with Gasteiger partial charge in [-0.25, -0.2) is 0 Å². The van der Waals surface area contributed by atoms with Crippen LogP contribution < -0.4 is 14.2 Å². The number of benzene rings is 2. The van der Waals surface area contributed by atoms with Crippen molar-refractivity contribution in [3.05, 3.63) is 58.1 Å². The normalized spacial score (nSPS) is 10.6. The van der Waals surface area contributed by atoms with Crippen LogP contribution >= 0.6 is 15.9 Å². The third-order valence-electron chi connectivity index (χ3n) is 3.27. The number of ketones is 1. The quantitative estimate of drug-likeness (QED) is 0.554. The van der Waals surface area contributed by atoms with E-state index in [1.807, 2.05) is 18.2 Å². The van der Waals surface area contributed by atoms with E-state index in [1.165, 1.54) is 13.2 Å². The van der Waals surface area contributed by atoms with Gasteiger partial charge in [-0.05, 0) is 57.9 Å². The standard InChI is InChI=1S/C18H17BrO4/c1-21-16-8-5-12(10-14(16)19)4-7-15(20)13-6-9-17(22-2)18(11-13)23-3/h4-11H,1-3H3/b7-4+. The molecule has 0 fully saturated rings. The van der Waals surface area contributed by atoms with Gasteiger partial charge in [-0.2, -0.15) is 0 Å². The third-order valence-corrected chi connectivity index (χ3v) is 3.89. The predicted octanol–water partition coefficient (Wildman–Crippen LogP) is 4.37. The molecule has 2 aromatic rings. The molecule has 5 heteroatoms. The highest BCUT2D eigenvalue weighted by molar-refractivity contribution is 9.10. The van der Waals surface area contributed by atoms with Crippen LogP contribution in [0.4, 0.5) is 0 Å². The number of hydrogen-bond donors (Lipinski definition) is 0. The number of carbonyl (C=O) groups excluding carboxylic acids is 1. The van der Waals surface area contributed by atoms with Crippen molar-refractivity contribution < 1.29 is 19.0 Å². The van der Waals surface area contributed by atoms with Crippen molar-refractivity contribution >= 4 is 27.8 Å². The minimum Gasteiger partial charge on any atom is -0.496 e. The van der Waals surface area contributed by atoms with Gasteiger partial charge in [0.1, 0.15) is 5.75 Å². The van der Waals surface area contributed by atoms with Crippen LogP contribution in [0.3, 0.4) is 0 Å². The first-order valence-corrected chi connectivity index (χ1v) is 7.66. The fourth-order valence-electron chi connectivity index (χ4n) is 2.04. The van der Waals surface area contributed by atoms with E-state index in [9.17, 15) is 4.79 Å². The summed E-state index contributed by atoms with van der Waals surface area (Å²) in [5, 5.41) is 0. The zero-order chi connectivity index (χ0) is 16.8. The van der Waals surface area contributed by atoms with Crippen LogP contribution in [0.5, 0.6) is 17.2 Å². The average Bonchev–Trinajstić information content (AvgIpc) is 2.59. The Hall–Kier alpha value is -2.27. The van der Waals surface area contributed by atoms with E-state index in [0.717, 1.165) is 15.8 Å². The highest BCUT2D eigenvalue weighted by Gasteiger charge is 2.08. The molecule has 0 heterocycles. The number of allylic oxidation sites excluding steroid dienone is 1. The highest BCUT2D eigenvalue weighted by Crippen LogP contribution is 2.28. The van der Waals surface area contributed by atoms with Crippen molar-refractivity contribution in [1.82, 2.24) is 0 Å². The van der Waals surface area contributed by atoms with Crippen LogP contribution in [0, 0.1) is 0 Å². The van der Waals surface area contributed by atoms with Crippen LogP contribution in [0.15, 0.2) is 46.9 Å². The van der Waals surface area contributed by atoms with E-state index >= 15 is 0 Å². The van der Waals surface area contributed by atoms with Crippen molar-refractivity contribution in [2.75, 3.05) is 21.3 Å². The van der Waals surface area contributed by atoms with E-state index < -0.39 is 0 Å². The van der Waals surface area contributed by atoms with Crippen LogP contribution in [-0.4, -0.2) is 27.1 Å². The second-order valence-corrected chi connectivity index (χ2v) is 5.52. The summed E-state index contributed by atoms with van der Waals surface area (Å²) in [6.45, 7) is 0. The summed E-state index contributed by atoms with van der Waals surface area (Å²) in [5.74, 6) is 1.75. The van der Waals surface area contributed by atoms with E-state index in [4.69, 9.17) is 14.2 Å². The van der Waals surface area contributed by atoms with Gasteiger partial charge in [-0.15, -0.1) is 0 Å². The molecule has 0 bridgehead atoms. The zero-order valence-electron chi connectivity index (χ0n) is 13.1. The smallest absolute Gasteiger partial charge is 0.185 e. The van der Waals surface area contributed by atoms with Gasteiger partial charge in [0.2, 0.25) is 0 Å². The molecule has 0 aliphatic rings. The van der Waals surface area contributed by atoms with Gasteiger partial charge < -0.3 is 14.2 Å². The van der Waals surface area contributed by atoms with Crippen molar-refractivity contribution in [3.63, 3.8) is 0 Å². The molecule has 2 aromatic carbocycles. The molecule has 23 heavy (non-hydrogen) atoms. The maximum absolute atomic E-state index is 12.3. The largest absolute Gasteiger partial charge is 0.496 e. The Morgan fingerprint density at radius 3 is 2.17 bits per heavy atom. The van der Waals surface area contributed by atoms with Gasteiger partial charge in [0, 0.05) is 5.56 Å². The summed E-state index contributed by atoms with van der Waals surface area (Å²) in [7, 11) is 4.70. The molecule has 2 rings (SSSR count). The molecule has 0 amide bonds. The summed E-state index contributed by atoms with van der Waals surface area (Å²) >= 11 is 3.42. The molecule has 0 aliphatic heterocycles. The van der Waals surface area contributed by atoms with Gasteiger partial charge in [0.25, 0.3) is 0 Å². The molecule has 0 atom stereocenters. The summed E-state index contributed by atoms with van der Waals surface area (Å²) in [6.07, 6.45) is 3.28. The maximum atomic E-state index is 12.3. The molecule has 0 aromatic heterocycles. The lowest BCUT2D eigenvalue weighted by Gasteiger charge is -2.08. The summed E-state index contributed by atoms with van der Waals surface area (Å²) in [6, 6.07) is 10.7. The van der Waals surface area contributed by atoms with Crippen molar-refractivity contribution in [3.8, 4) is 17.2 Å². The fraction of sp³-hybridized carbons (Fsp3) is 0.167. The number of carbonyl (C=O) groups is 1. The molecule has 0 spiro atoms. The Balaban J connectivity index is 2.19. The molecule has 0 radical (unpaired) electrons. The van der Waals surface area contributed by atoms with Gasteiger partial charge in [-0.1, -0.05) is 12.1 Å². The van der Waals surface area contributed by atoms with Gasteiger partial charge in [0.15, 0.2) is 17.3 Å². The first kappa shape index (κ1) is 17.1. The Kier molecular flexibility index (Phi) is 5.82. The summed E-state index contributed by atoms with van der Waals surface area (Å²) in [4.78, 5) is 12.3. The first-order valence-electron chi connectivity index (χ1n) is 6.87. The lowest BCUT2D eigenvalue weighted by atomic mass is 10.1. The fourth-order valence-corrected chi connectivity index (χ4v) is 2.60. The molecule has 0 saturated carbocycles. The molecule has 0 N–H and O–H groups in total. The zero-order valence-corrected chi connectivity index (χ0v) is 14.7. The van der Waals surface area contributed by atoms with E-state index in [1.54, 1.807) is 38.5 Å². The number of halogens is 1. The van der Waals surface area contributed by atoms with Gasteiger partial charge in [-0.3, -0.25) is 4.79 Å². The minimum absolute atomic E-state index is 0.113. The Labute approximate surface area is 143 Å². The minimum atomic E-state index is -0.113. The SMILES string of the molecule is COc1ccc(/C=C/C(=O)c2ccc(OC)c(OC)c2)cc1Br. The summed E-state index contributed by atoms with van der Waals surface area (Å²) < 4.78 is 16.4. The number of hydrogen-bond acceptors (Lipinski definition) is 4. The lowest BCUT2D eigenvalue weighted by molar-refractivity contribution is 0.104. The number of ether oxygens (including phenoxy) is 3. The Morgan fingerprint density at radius 1 is 0.913 bits per heavy atom. The van der Waals surface area contributed by atoms with Crippen LogP contribution in [0.25, 0.3) is 6.08 Å². The second-order valence-electron chi connectivity index (χ2n) is 4.66. The number of methoxy groups -OCH3 is 3. The molecule has 120 valence electrons. The van der Waals surface area contributed by atoms with E-state index in [0.29, 0.717) is 17.1 Å². The second kappa shape index (κ2) is 7.83. The Bertz CT molecular complexity index is 738. The molecular formula is C18H17BrO4. The molecule has 0 aliphatic carbocycles. The monoisotopic (exact) mass is 376 g/mol. The summed E-state index contributed by atoms with van der Waals surface area (Å²) in [5.41, 5.74) is 1.43. The van der Waals surface area contributed by atoms with Crippen LogP contribution in [0.1, 0.15) is 15.9 Å². The van der Waals surface area contributed by atoms with E-state index in [-0.39, 0.29) is 5.78 Å². The maximum Gasteiger partial charge on any atom is 0.185 e. The average molecular weight is 377 g/mol. The van der Waals surface area contributed by atoms with Crippen molar-refractivity contribution in [2.45, 2.75) is 0 Å². The molecular weight excluding hydrogens is 360 g/mol. The van der Waals surface area contributed by atoms with Crippen molar-refractivity contribution in [1.29, 1.82) is 0 Å². The predicted molar refractivity (Wildman–Crippen MR) is 93.6 cm³/mol.